The molecule has 9 heteroatoms. The first-order valence-electron chi connectivity index (χ1n) is 11.8. The van der Waals surface area contributed by atoms with Gasteiger partial charge in [-0.1, -0.05) is 0 Å². The van der Waals surface area contributed by atoms with Crippen LogP contribution in [0.3, 0.4) is 0 Å². The van der Waals surface area contributed by atoms with E-state index in [4.69, 9.17) is 10.5 Å². The molecule has 6 nitrogen and oxygen atoms in total. The predicted octanol–water partition coefficient (Wildman–Crippen LogP) is 5.14. The largest absolute Gasteiger partial charge is 0.417 e. The third-order valence-electron chi connectivity index (χ3n) is 7.18. The van der Waals surface area contributed by atoms with Crippen LogP contribution in [0.5, 0.6) is 0 Å². The summed E-state index contributed by atoms with van der Waals surface area (Å²) in [6.07, 6.45) is 0.0482. The second kappa shape index (κ2) is 9.11. The van der Waals surface area contributed by atoms with E-state index in [1.165, 1.54) is 6.07 Å². The molecule has 3 heterocycles. The van der Waals surface area contributed by atoms with Crippen LogP contribution in [0.1, 0.15) is 52.9 Å². The van der Waals surface area contributed by atoms with Gasteiger partial charge in [-0.2, -0.15) is 13.2 Å². The fraction of sp³-hybridized carbons (Fsp3) is 0.423. The van der Waals surface area contributed by atoms with Gasteiger partial charge >= 0.3 is 6.18 Å². The Morgan fingerprint density at radius 2 is 2.00 bits per heavy atom. The molecule has 3 unspecified atom stereocenters. The molecule has 1 aromatic carbocycles. The van der Waals surface area contributed by atoms with Gasteiger partial charge in [0.05, 0.1) is 29.4 Å². The van der Waals surface area contributed by atoms with E-state index in [0.717, 1.165) is 48.9 Å². The molecule has 2 fully saturated rings. The Kier molecular flexibility index (Phi) is 6.13. The molecule has 5 rings (SSSR count). The summed E-state index contributed by atoms with van der Waals surface area (Å²) in [5.41, 5.74) is 7.55. The molecule has 1 saturated heterocycles. The van der Waals surface area contributed by atoms with Crippen molar-refractivity contribution in [2.45, 2.75) is 57.5 Å². The number of carbonyl (C=O) groups excluding carboxylic acids is 1. The van der Waals surface area contributed by atoms with Crippen molar-refractivity contribution in [1.82, 2.24) is 14.9 Å². The van der Waals surface area contributed by atoms with E-state index in [1.54, 1.807) is 23.1 Å². The van der Waals surface area contributed by atoms with E-state index in [-0.39, 0.29) is 30.5 Å². The number of hydrogen-bond acceptors (Lipinski definition) is 5. The highest BCUT2D eigenvalue weighted by molar-refractivity contribution is 5.98. The summed E-state index contributed by atoms with van der Waals surface area (Å²) in [5.74, 6) is 0.466. The highest BCUT2D eigenvalue weighted by Crippen LogP contribution is 2.38. The van der Waals surface area contributed by atoms with Gasteiger partial charge in [-0.3, -0.25) is 9.78 Å². The number of pyridine rings is 2. The second-order valence-electron chi connectivity index (χ2n) is 9.43. The van der Waals surface area contributed by atoms with Gasteiger partial charge in [-0.15, -0.1) is 0 Å². The molecule has 2 aromatic heterocycles. The molecule has 1 aliphatic heterocycles. The van der Waals surface area contributed by atoms with Crippen LogP contribution < -0.4 is 5.73 Å². The van der Waals surface area contributed by atoms with Gasteiger partial charge in [-0.05, 0) is 74.6 Å². The maximum atomic E-state index is 13.9. The Balaban J connectivity index is 1.49. The summed E-state index contributed by atoms with van der Waals surface area (Å²) in [5, 5.41) is 0.806. The van der Waals surface area contributed by atoms with Gasteiger partial charge in [0.1, 0.15) is 5.82 Å². The van der Waals surface area contributed by atoms with Gasteiger partial charge < -0.3 is 15.4 Å². The summed E-state index contributed by atoms with van der Waals surface area (Å²) in [6, 6.07) is 9.50. The minimum Gasteiger partial charge on any atom is -0.383 e. The summed E-state index contributed by atoms with van der Waals surface area (Å²) < 4.78 is 45.0. The Morgan fingerprint density at radius 3 is 2.74 bits per heavy atom. The topological polar surface area (TPSA) is 81.3 Å². The molecule has 0 radical (unpaired) electrons. The molecular weight excluding hydrogens is 457 g/mol. The second-order valence-corrected chi connectivity index (χ2v) is 9.43. The molecular formula is C26H27F3N4O2. The number of nitrogens with zero attached hydrogens (tertiary/aromatic N) is 3. The number of carbonyl (C=O) groups is 1. The van der Waals surface area contributed by atoms with Crippen LogP contribution in [-0.2, 0) is 17.5 Å². The number of anilines is 1. The first-order chi connectivity index (χ1) is 16.7. The van der Waals surface area contributed by atoms with Gasteiger partial charge in [-0.25, -0.2) is 4.98 Å². The quantitative estimate of drug-likeness (QED) is 0.555. The number of rotatable bonds is 4. The van der Waals surface area contributed by atoms with Crippen molar-refractivity contribution in [3.63, 3.8) is 0 Å². The van der Waals surface area contributed by atoms with Crippen LogP contribution in [-0.4, -0.2) is 39.5 Å². The molecule has 1 amide bonds. The number of benzene rings is 1. The van der Waals surface area contributed by atoms with Crippen LogP contribution in [0.25, 0.3) is 10.9 Å². The van der Waals surface area contributed by atoms with Crippen LogP contribution in [0, 0.1) is 12.8 Å². The van der Waals surface area contributed by atoms with Crippen molar-refractivity contribution in [3.05, 3.63) is 65.0 Å². The molecule has 2 N–H and O–H groups in total. The van der Waals surface area contributed by atoms with E-state index in [2.05, 4.69) is 9.97 Å². The number of nitrogens with two attached hydrogens (primary N) is 1. The third kappa shape index (κ3) is 4.69. The molecule has 184 valence electrons. The average molecular weight is 485 g/mol. The fourth-order valence-electron chi connectivity index (χ4n) is 5.33. The summed E-state index contributed by atoms with van der Waals surface area (Å²) >= 11 is 0. The Bertz CT molecular complexity index is 1250. The number of alkyl halides is 3. The van der Waals surface area contributed by atoms with Gasteiger partial charge in [0.25, 0.3) is 5.91 Å². The average Bonchev–Trinajstić information content (AvgIpc) is 3.32. The van der Waals surface area contributed by atoms with Crippen molar-refractivity contribution in [3.8, 4) is 0 Å². The van der Waals surface area contributed by atoms with Crippen molar-refractivity contribution < 1.29 is 22.7 Å². The standard InChI is InChI=1S/C26H27F3N4O2/c1-15-11-17-12-16(5-8-21(17)32-24(15)30)25(34)33(22-3-2-4-23-20(22)9-10-35-23)14-19-7-6-18(13-31-19)26(27,28)29/h5-8,11-13,20,22-23H,2-4,9-10,14H2,1H3,(H2,30,32). The van der Waals surface area contributed by atoms with Gasteiger partial charge in [0, 0.05) is 35.7 Å². The molecule has 0 spiro atoms. The molecule has 1 saturated carbocycles. The number of aromatic nitrogens is 2. The SMILES string of the molecule is Cc1cc2cc(C(=O)N(Cc3ccc(C(F)(F)F)cn3)C3CCCC4OCCC43)ccc2nc1N. The molecule has 1 aliphatic carbocycles. The van der Waals surface area contributed by atoms with Crippen LogP contribution in [0.2, 0.25) is 0 Å². The van der Waals surface area contributed by atoms with Crippen molar-refractivity contribution in [2.75, 3.05) is 12.3 Å². The zero-order chi connectivity index (χ0) is 24.7. The number of amides is 1. The van der Waals surface area contributed by atoms with Gasteiger partial charge in [0.2, 0.25) is 0 Å². The Morgan fingerprint density at radius 1 is 1.17 bits per heavy atom. The van der Waals surface area contributed by atoms with E-state index in [0.29, 0.717) is 29.2 Å². The zero-order valence-electron chi connectivity index (χ0n) is 19.4. The smallest absolute Gasteiger partial charge is 0.383 e. The summed E-state index contributed by atoms with van der Waals surface area (Å²) in [4.78, 5) is 24.1. The van der Waals surface area contributed by atoms with Crippen LogP contribution >= 0.6 is 0 Å². The van der Waals surface area contributed by atoms with E-state index in [9.17, 15) is 18.0 Å². The minimum absolute atomic E-state index is 0.0742. The fourth-order valence-corrected chi connectivity index (χ4v) is 5.33. The Labute approximate surface area is 201 Å². The maximum Gasteiger partial charge on any atom is 0.417 e. The lowest BCUT2D eigenvalue weighted by Gasteiger charge is -2.40. The molecule has 3 atom stereocenters. The summed E-state index contributed by atoms with van der Waals surface area (Å²) in [6.45, 7) is 2.65. The lowest BCUT2D eigenvalue weighted by molar-refractivity contribution is -0.137. The molecule has 3 aromatic rings. The summed E-state index contributed by atoms with van der Waals surface area (Å²) in [7, 11) is 0. The van der Waals surface area contributed by atoms with E-state index < -0.39 is 11.7 Å². The van der Waals surface area contributed by atoms with Crippen LogP contribution in [0.15, 0.2) is 42.6 Å². The number of ether oxygens (including phenoxy) is 1. The molecule has 35 heavy (non-hydrogen) atoms. The highest BCUT2D eigenvalue weighted by Gasteiger charge is 2.42. The number of hydrogen-bond donors (Lipinski definition) is 1. The third-order valence-corrected chi connectivity index (χ3v) is 7.18. The normalized spacial score (nSPS) is 22.2. The molecule has 0 bridgehead atoms. The first kappa shape index (κ1) is 23.5. The van der Waals surface area contributed by atoms with Gasteiger partial charge in [0.15, 0.2) is 0 Å². The predicted molar refractivity (Wildman–Crippen MR) is 125 cm³/mol. The Hall–Kier alpha value is -3.20. The number of nitrogen functional groups attached to an aromatic ring is 1. The first-order valence-corrected chi connectivity index (χ1v) is 11.8. The number of aryl methyl sites for hydroxylation is 1. The van der Waals surface area contributed by atoms with Crippen molar-refractivity contribution in [1.29, 1.82) is 0 Å². The maximum absolute atomic E-state index is 13.9. The monoisotopic (exact) mass is 484 g/mol. The highest BCUT2D eigenvalue weighted by atomic mass is 19.4. The zero-order valence-corrected chi connectivity index (χ0v) is 19.4. The van der Waals surface area contributed by atoms with Crippen molar-refractivity contribution >= 4 is 22.6 Å². The number of fused-ring (bicyclic) bond motifs is 2. The lowest BCUT2D eigenvalue weighted by Crippen LogP contribution is -2.48. The number of halogens is 3. The lowest BCUT2D eigenvalue weighted by atomic mass is 9.80. The van der Waals surface area contributed by atoms with Crippen LogP contribution in [0.4, 0.5) is 19.0 Å². The van der Waals surface area contributed by atoms with E-state index >= 15 is 0 Å². The van der Waals surface area contributed by atoms with E-state index in [1.807, 2.05) is 13.0 Å². The minimum atomic E-state index is -4.46. The van der Waals surface area contributed by atoms with Crippen molar-refractivity contribution in [2.24, 2.45) is 5.92 Å². The molecule has 2 aliphatic rings.